The molecule has 0 atom stereocenters. The van der Waals surface area contributed by atoms with E-state index >= 15 is 0 Å². The van der Waals surface area contributed by atoms with Gasteiger partial charge in [-0.15, -0.1) is 0 Å². The summed E-state index contributed by atoms with van der Waals surface area (Å²) in [6.07, 6.45) is 3.13. The Morgan fingerprint density at radius 1 is 1.35 bits per heavy atom. The van der Waals surface area contributed by atoms with E-state index in [0.29, 0.717) is 23.7 Å². The van der Waals surface area contributed by atoms with Crippen molar-refractivity contribution in [1.82, 2.24) is 0 Å². The zero-order chi connectivity index (χ0) is 14.1. The lowest BCUT2D eigenvalue weighted by Crippen LogP contribution is -2.37. The van der Waals surface area contributed by atoms with Crippen LogP contribution in [0.15, 0.2) is 46.8 Å². The summed E-state index contributed by atoms with van der Waals surface area (Å²) in [6.45, 7) is 2.46. The number of nitrogen functional groups attached to an aromatic ring is 1. The first kappa shape index (κ1) is 12.3. The van der Waals surface area contributed by atoms with E-state index in [1.165, 1.54) is 0 Å². The number of nitrogens with two attached hydrogens (primary N) is 1. The molecule has 5 heteroatoms. The Morgan fingerprint density at radius 2 is 2.20 bits per heavy atom. The lowest BCUT2D eigenvalue weighted by atomic mass is 10.2. The molecule has 0 unspecified atom stereocenters. The van der Waals surface area contributed by atoms with Crippen LogP contribution in [0, 0.1) is 0 Å². The Kier molecular flexibility index (Phi) is 2.95. The predicted molar refractivity (Wildman–Crippen MR) is 76.2 cm³/mol. The van der Waals surface area contributed by atoms with Gasteiger partial charge in [0.1, 0.15) is 5.76 Å². The van der Waals surface area contributed by atoms with Crippen molar-refractivity contribution in [3.8, 4) is 5.75 Å². The molecule has 3 rings (SSSR count). The molecule has 0 saturated heterocycles. The highest BCUT2D eigenvalue weighted by Gasteiger charge is 2.29. The number of rotatable bonds is 2. The largest absolute Gasteiger partial charge is 0.465 e. The number of amides is 1. The fraction of sp³-hybridized carbons (Fsp3) is 0.133. The summed E-state index contributed by atoms with van der Waals surface area (Å²) in [6, 6.07) is 8.76. The van der Waals surface area contributed by atoms with Gasteiger partial charge in [0.2, 0.25) is 0 Å². The Bertz CT molecular complexity index is 674. The normalized spacial score (nSPS) is 16.1. The average Bonchev–Trinajstić information content (AvgIpc) is 2.93. The fourth-order valence-corrected chi connectivity index (χ4v) is 2.15. The molecule has 1 aliphatic heterocycles. The minimum absolute atomic E-state index is 0.193. The van der Waals surface area contributed by atoms with E-state index in [1.807, 2.05) is 6.92 Å². The van der Waals surface area contributed by atoms with Gasteiger partial charge < -0.3 is 19.8 Å². The number of fused-ring (bicyclic) bond motifs is 1. The maximum Gasteiger partial charge on any atom is 0.294 e. The Morgan fingerprint density at radius 3 is 2.90 bits per heavy atom. The van der Waals surface area contributed by atoms with Crippen LogP contribution in [0.3, 0.4) is 0 Å². The van der Waals surface area contributed by atoms with Crippen LogP contribution >= 0.6 is 0 Å². The zero-order valence-corrected chi connectivity index (χ0v) is 11.0. The summed E-state index contributed by atoms with van der Waals surface area (Å²) in [7, 11) is 0. The van der Waals surface area contributed by atoms with Crippen LogP contribution in [0.25, 0.3) is 6.08 Å². The molecule has 102 valence electrons. The van der Waals surface area contributed by atoms with Crippen molar-refractivity contribution in [3.05, 3.63) is 48.1 Å². The first-order valence-corrected chi connectivity index (χ1v) is 6.33. The molecule has 2 heterocycles. The second kappa shape index (κ2) is 4.77. The van der Waals surface area contributed by atoms with Gasteiger partial charge in [0.25, 0.3) is 5.91 Å². The molecule has 0 aliphatic carbocycles. The van der Waals surface area contributed by atoms with E-state index < -0.39 is 0 Å². The lowest BCUT2D eigenvalue weighted by Gasteiger charge is -2.29. The van der Waals surface area contributed by atoms with Gasteiger partial charge in [0.05, 0.1) is 12.0 Å². The Balaban J connectivity index is 2.06. The van der Waals surface area contributed by atoms with Crippen molar-refractivity contribution in [1.29, 1.82) is 0 Å². The summed E-state index contributed by atoms with van der Waals surface area (Å²) >= 11 is 0. The molecule has 2 N–H and O–H groups in total. The number of hydrogen-bond donors (Lipinski definition) is 1. The van der Waals surface area contributed by atoms with Gasteiger partial charge in [-0.25, -0.2) is 0 Å². The molecule has 0 fully saturated rings. The van der Waals surface area contributed by atoms with Crippen molar-refractivity contribution in [2.24, 2.45) is 0 Å². The van der Waals surface area contributed by atoms with E-state index in [2.05, 4.69) is 0 Å². The Labute approximate surface area is 116 Å². The van der Waals surface area contributed by atoms with E-state index in [0.717, 1.165) is 5.69 Å². The maximum atomic E-state index is 12.4. The number of anilines is 2. The molecule has 0 saturated carbocycles. The first-order valence-electron chi connectivity index (χ1n) is 6.33. The van der Waals surface area contributed by atoms with Gasteiger partial charge in [-0.1, -0.05) is 0 Å². The highest BCUT2D eigenvalue weighted by molar-refractivity contribution is 6.09. The molecule has 0 bridgehead atoms. The second-order valence-corrected chi connectivity index (χ2v) is 4.40. The van der Waals surface area contributed by atoms with E-state index in [4.69, 9.17) is 14.9 Å². The van der Waals surface area contributed by atoms with Crippen LogP contribution in [0.4, 0.5) is 11.4 Å². The number of benzene rings is 1. The third kappa shape index (κ3) is 2.03. The highest BCUT2D eigenvalue weighted by Crippen LogP contribution is 2.37. The van der Waals surface area contributed by atoms with E-state index in [9.17, 15) is 4.79 Å². The minimum atomic E-state index is -0.193. The predicted octanol–water partition coefficient (Wildman–Crippen LogP) is 2.65. The standard InChI is InChI=1S/C15H14N2O3/c1-2-17-12-6-5-10(16)8-13(12)20-14(15(17)18)9-11-4-3-7-19-11/h3-9H,2,16H2,1H3/b14-9+. The molecular formula is C15H14N2O3. The molecule has 0 spiro atoms. The summed E-state index contributed by atoms with van der Waals surface area (Å²) in [5.41, 5.74) is 7.08. The average molecular weight is 270 g/mol. The van der Waals surface area contributed by atoms with Crippen molar-refractivity contribution in [2.75, 3.05) is 17.2 Å². The molecule has 2 aromatic rings. The van der Waals surface area contributed by atoms with Crippen LogP contribution in [-0.4, -0.2) is 12.5 Å². The van der Waals surface area contributed by atoms with E-state index in [-0.39, 0.29) is 11.7 Å². The van der Waals surface area contributed by atoms with Crippen LogP contribution in [0.5, 0.6) is 5.75 Å². The summed E-state index contributed by atoms with van der Waals surface area (Å²) in [5, 5.41) is 0. The Hall–Kier alpha value is -2.69. The molecule has 5 nitrogen and oxygen atoms in total. The molecule has 1 aliphatic rings. The molecular weight excluding hydrogens is 256 g/mol. The van der Waals surface area contributed by atoms with Crippen molar-refractivity contribution in [3.63, 3.8) is 0 Å². The topological polar surface area (TPSA) is 68.7 Å². The summed E-state index contributed by atoms with van der Waals surface area (Å²) in [4.78, 5) is 14.0. The number of hydrogen-bond acceptors (Lipinski definition) is 4. The maximum absolute atomic E-state index is 12.4. The van der Waals surface area contributed by atoms with Gasteiger partial charge >= 0.3 is 0 Å². The van der Waals surface area contributed by atoms with Crippen molar-refractivity contribution >= 4 is 23.4 Å². The minimum Gasteiger partial charge on any atom is -0.465 e. The van der Waals surface area contributed by atoms with Gasteiger partial charge in [0, 0.05) is 24.4 Å². The molecule has 20 heavy (non-hydrogen) atoms. The monoisotopic (exact) mass is 270 g/mol. The molecule has 0 radical (unpaired) electrons. The van der Waals surface area contributed by atoms with E-state index in [1.54, 1.807) is 47.6 Å². The van der Waals surface area contributed by atoms with Gasteiger partial charge in [-0.2, -0.15) is 0 Å². The van der Waals surface area contributed by atoms with Gasteiger partial charge in [-0.05, 0) is 31.2 Å². The SMILES string of the molecule is CCN1C(=O)/C(=C\c2ccco2)Oc2cc(N)ccc21. The lowest BCUT2D eigenvalue weighted by molar-refractivity contribution is -0.117. The van der Waals surface area contributed by atoms with Gasteiger partial charge in [-0.3, -0.25) is 4.79 Å². The first-order chi connectivity index (χ1) is 9.69. The number of carbonyl (C=O) groups excluding carboxylic acids is 1. The smallest absolute Gasteiger partial charge is 0.294 e. The zero-order valence-electron chi connectivity index (χ0n) is 11.0. The quantitative estimate of drug-likeness (QED) is 0.672. The number of likely N-dealkylation sites (N-methyl/N-ethyl adjacent to an activating group) is 1. The van der Waals surface area contributed by atoms with Crippen LogP contribution in [0.1, 0.15) is 12.7 Å². The number of furan rings is 1. The third-order valence-electron chi connectivity index (χ3n) is 3.08. The summed E-state index contributed by atoms with van der Waals surface area (Å²) in [5.74, 6) is 1.17. The third-order valence-corrected chi connectivity index (χ3v) is 3.08. The molecule has 1 aromatic carbocycles. The van der Waals surface area contributed by atoms with Crippen LogP contribution < -0.4 is 15.4 Å². The highest BCUT2D eigenvalue weighted by atomic mass is 16.5. The number of nitrogens with zero attached hydrogens (tertiary/aromatic N) is 1. The van der Waals surface area contributed by atoms with Gasteiger partial charge in [0.15, 0.2) is 11.5 Å². The number of ether oxygens (including phenoxy) is 1. The fourth-order valence-electron chi connectivity index (χ4n) is 2.15. The number of carbonyl (C=O) groups is 1. The second-order valence-electron chi connectivity index (χ2n) is 4.40. The van der Waals surface area contributed by atoms with Crippen molar-refractivity contribution in [2.45, 2.75) is 6.92 Å². The van der Waals surface area contributed by atoms with Crippen LogP contribution in [-0.2, 0) is 4.79 Å². The molecule has 1 amide bonds. The van der Waals surface area contributed by atoms with Crippen molar-refractivity contribution < 1.29 is 13.9 Å². The molecule has 1 aromatic heterocycles. The summed E-state index contributed by atoms with van der Waals surface area (Å²) < 4.78 is 10.9. The van der Waals surface area contributed by atoms with Crippen LogP contribution in [0.2, 0.25) is 0 Å².